The molecule has 2 unspecified atom stereocenters. The molecule has 0 aliphatic heterocycles. The summed E-state index contributed by atoms with van der Waals surface area (Å²) in [6.45, 7) is 2.94. The van der Waals surface area contributed by atoms with Crippen LogP contribution in [0.3, 0.4) is 0 Å². The Morgan fingerprint density at radius 1 is 1.33 bits per heavy atom. The van der Waals surface area contributed by atoms with Gasteiger partial charge in [-0.2, -0.15) is 0 Å². The molecular formula is C12H19ClN2. The van der Waals surface area contributed by atoms with Crippen LogP contribution in [-0.4, -0.2) is 13.6 Å². The minimum atomic E-state index is 0.353. The predicted molar refractivity (Wildman–Crippen MR) is 66.1 cm³/mol. The highest BCUT2D eigenvalue weighted by Crippen LogP contribution is 2.24. The molecule has 0 amide bonds. The van der Waals surface area contributed by atoms with Gasteiger partial charge in [-0.25, -0.2) is 0 Å². The molecule has 0 aliphatic rings. The smallest absolute Gasteiger partial charge is 0.0406 e. The van der Waals surface area contributed by atoms with Crippen molar-refractivity contribution < 1.29 is 0 Å². The van der Waals surface area contributed by atoms with Crippen LogP contribution in [0.15, 0.2) is 24.3 Å². The molecule has 15 heavy (non-hydrogen) atoms. The van der Waals surface area contributed by atoms with E-state index in [0.717, 1.165) is 18.0 Å². The van der Waals surface area contributed by atoms with Gasteiger partial charge in [0.25, 0.3) is 0 Å². The summed E-state index contributed by atoms with van der Waals surface area (Å²) in [5.41, 5.74) is 6.84. The van der Waals surface area contributed by atoms with E-state index in [9.17, 15) is 0 Å². The third-order valence-corrected chi connectivity index (χ3v) is 2.98. The number of halogens is 1. The van der Waals surface area contributed by atoms with Crippen LogP contribution < -0.4 is 11.1 Å². The highest BCUT2D eigenvalue weighted by molar-refractivity contribution is 6.30. The van der Waals surface area contributed by atoms with Crippen LogP contribution in [0.25, 0.3) is 0 Å². The molecule has 0 saturated heterocycles. The summed E-state index contributed by atoms with van der Waals surface area (Å²) in [5, 5.41) is 4.10. The Bertz CT molecular complexity index is 284. The maximum absolute atomic E-state index is 5.86. The Balaban J connectivity index is 2.77. The first kappa shape index (κ1) is 12.5. The Kier molecular flexibility index (Phi) is 5.09. The lowest BCUT2D eigenvalue weighted by Crippen LogP contribution is -2.25. The van der Waals surface area contributed by atoms with Crippen molar-refractivity contribution in [1.29, 1.82) is 0 Å². The van der Waals surface area contributed by atoms with Gasteiger partial charge in [0.1, 0.15) is 0 Å². The van der Waals surface area contributed by atoms with E-state index in [1.807, 2.05) is 19.2 Å². The van der Waals surface area contributed by atoms with E-state index >= 15 is 0 Å². The van der Waals surface area contributed by atoms with Crippen molar-refractivity contribution in [1.82, 2.24) is 5.32 Å². The summed E-state index contributed by atoms with van der Waals surface area (Å²) < 4.78 is 0. The van der Waals surface area contributed by atoms with Crippen molar-refractivity contribution >= 4 is 11.6 Å². The third-order valence-electron chi connectivity index (χ3n) is 2.73. The molecule has 0 spiro atoms. The number of nitrogens with two attached hydrogens (primary N) is 1. The van der Waals surface area contributed by atoms with Gasteiger partial charge >= 0.3 is 0 Å². The summed E-state index contributed by atoms with van der Waals surface area (Å²) in [6.07, 6.45) is 1.02. The molecule has 84 valence electrons. The number of rotatable bonds is 5. The lowest BCUT2D eigenvalue weighted by molar-refractivity contribution is 0.392. The van der Waals surface area contributed by atoms with Gasteiger partial charge in [0.2, 0.25) is 0 Å². The molecule has 0 bridgehead atoms. The molecule has 0 saturated carbocycles. The van der Waals surface area contributed by atoms with Gasteiger partial charge in [0, 0.05) is 11.1 Å². The molecule has 1 aromatic carbocycles. The zero-order chi connectivity index (χ0) is 11.3. The molecule has 0 aromatic heterocycles. The van der Waals surface area contributed by atoms with Gasteiger partial charge < -0.3 is 11.1 Å². The van der Waals surface area contributed by atoms with E-state index in [1.54, 1.807) is 0 Å². The van der Waals surface area contributed by atoms with Crippen LogP contribution in [0.2, 0.25) is 5.02 Å². The Labute approximate surface area is 96.8 Å². The average molecular weight is 227 g/mol. The van der Waals surface area contributed by atoms with Crippen molar-refractivity contribution in [3.8, 4) is 0 Å². The van der Waals surface area contributed by atoms with E-state index in [4.69, 9.17) is 17.3 Å². The van der Waals surface area contributed by atoms with Crippen LogP contribution in [0.4, 0.5) is 0 Å². The predicted octanol–water partition coefficient (Wildman–Crippen LogP) is 2.59. The van der Waals surface area contributed by atoms with E-state index in [0.29, 0.717) is 12.0 Å². The zero-order valence-corrected chi connectivity index (χ0v) is 10.1. The molecule has 1 aromatic rings. The van der Waals surface area contributed by atoms with Gasteiger partial charge in [0.15, 0.2) is 0 Å². The molecule has 2 atom stereocenters. The largest absolute Gasteiger partial charge is 0.330 e. The van der Waals surface area contributed by atoms with Gasteiger partial charge in [-0.3, -0.25) is 0 Å². The summed E-state index contributed by atoms with van der Waals surface area (Å²) in [4.78, 5) is 0. The van der Waals surface area contributed by atoms with E-state index in [1.165, 1.54) is 5.56 Å². The lowest BCUT2D eigenvalue weighted by atomic mass is 9.92. The molecule has 0 fully saturated rings. The first-order valence-electron chi connectivity index (χ1n) is 5.31. The average Bonchev–Trinajstić information content (AvgIpc) is 2.22. The van der Waals surface area contributed by atoms with E-state index < -0.39 is 0 Å². The molecule has 0 heterocycles. The summed E-state index contributed by atoms with van der Waals surface area (Å²) in [5.74, 6) is 0.529. The van der Waals surface area contributed by atoms with Crippen molar-refractivity contribution in [2.45, 2.75) is 19.4 Å². The fourth-order valence-electron chi connectivity index (χ4n) is 1.88. The number of nitrogens with one attached hydrogen (secondary N) is 1. The quantitative estimate of drug-likeness (QED) is 0.810. The van der Waals surface area contributed by atoms with Crippen LogP contribution in [0, 0.1) is 5.92 Å². The van der Waals surface area contributed by atoms with Crippen LogP contribution >= 0.6 is 11.6 Å². The van der Waals surface area contributed by atoms with Crippen LogP contribution in [0.1, 0.15) is 24.9 Å². The van der Waals surface area contributed by atoms with E-state index in [2.05, 4.69) is 24.4 Å². The molecule has 1 rings (SSSR count). The molecule has 0 aliphatic carbocycles. The first-order valence-corrected chi connectivity index (χ1v) is 5.69. The molecule has 2 nitrogen and oxygen atoms in total. The second kappa shape index (κ2) is 6.11. The fraction of sp³-hybridized carbons (Fsp3) is 0.500. The topological polar surface area (TPSA) is 38.0 Å². The number of hydrogen-bond donors (Lipinski definition) is 2. The van der Waals surface area contributed by atoms with Gasteiger partial charge in [0.05, 0.1) is 0 Å². The maximum atomic E-state index is 5.86. The number of hydrogen-bond acceptors (Lipinski definition) is 2. The van der Waals surface area contributed by atoms with Gasteiger partial charge in [-0.15, -0.1) is 0 Å². The normalized spacial score (nSPS) is 14.9. The lowest BCUT2D eigenvalue weighted by Gasteiger charge is -2.23. The third kappa shape index (κ3) is 3.49. The molecule has 0 radical (unpaired) electrons. The first-order chi connectivity index (χ1) is 7.19. The highest BCUT2D eigenvalue weighted by Gasteiger charge is 2.16. The molecular weight excluding hydrogens is 208 g/mol. The maximum Gasteiger partial charge on any atom is 0.0406 e. The van der Waals surface area contributed by atoms with E-state index in [-0.39, 0.29) is 0 Å². The SMILES string of the molecule is CNC(c1ccc(Cl)cc1)C(C)CCN. The second-order valence-corrected chi connectivity index (χ2v) is 4.31. The van der Waals surface area contributed by atoms with Gasteiger partial charge in [-0.05, 0) is 43.6 Å². The Morgan fingerprint density at radius 2 is 1.93 bits per heavy atom. The van der Waals surface area contributed by atoms with Crippen molar-refractivity contribution in [3.63, 3.8) is 0 Å². The van der Waals surface area contributed by atoms with Crippen LogP contribution in [0.5, 0.6) is 0 Å². The van der Waals surface area contributed by atoms with Crippen molar-refractivity contribution in [2.75, 3.05) is 13.6 Å². The summed E-state index contributed by atoms with van der Waals surface area (Å²) >= 11 is 5.86. The highest BCUT2D eigenvalue weighted by atomic mass is 35.5. The summed E-state index contributed by atoms with van der Waals surface area (Å²) in [7, 11) is 1.98. The minimum absolute atomic E-state index is 0.353. The number of benzene rings is 1. The van der Waals surface area contributed by atoms with Crippen molar-refractivity contribution in [2.24, 2.45) is 11.7 Å². The standard InChI is InChI=1S/C12H19ClN2/c1-9(7-8-14)12(15-2)10-3-5-11(13)6-4-10/h3-6,9,12,15H,7-8,14H2,1-2H3. The second-order valence-electron chi connectivity index (χ2n) is 3.87. The van der Waals surface area contributed by atoms with Gasteiger partial charge in [-0.1, -0.05) is 30.7 Å². The van der Waals surface area contributed by atoms with Crippen LogP contribution in [-0.2, 0) is 0 Å². The fourth-order valence-corrected chi connectivity index (χ4v) is 2.01. The summed E-state index contributed by atoms with van der Waals surface area (Å²) in [6, 6.07) is 8.34. The molecule has 3 heteroatoms. The molecule has 3 N–H and O–H groups in total. The zero-order valence-electron chi connectivity index (χ0n) is 9.33. The minimum Gasteiger partial charge on any atom is -0.330 e. The Hall–Kier alpha value is -0.570. The monoisotopic (exact) mass is 226 g/mol. The van der Waals surface area contributed by atoms with Crippen molar-refractivity contribution in [3.05, 3.63) is 34.9 Å². The Morgan fingerprint density at radius 3 is 2.40 bits per heavy atom.